The van der Waals surface area contributed by atoms with Crippen LogP contribution in [0.5, 0.6) is 0 Å². The summed E-state index contributed by atoms with van der Waals surface area (Å²) in [4.78, 5) is 3.94. The zero-order chi connectivity index (χ0) is 14.4. The third-order valence-corrected chi connectivity index (χ3v) is 3.25. The van der Waals surface area contributed by atoms with Gasteiger partial charge in [-0.05, 0) is 17.0 Å². The van der Waals surface area contributed by atoms with Crippen LogP contribution < -0.4 is 5.32 Å². The minimum Gasteiger partial charge on any atom is -0.387 e. The fraction of sp³-hybridized carbons (Fsp3) is 0.467. The molecule has 0 saturated carbocycles. The molecule has 0 fully saturated rings. The van der Waals surface area contributed by atoms with Crippen LogP contribution in [0.25, 0.3) is 0 Å². The molecule has 1 aromatic heterocycles. The van der Waals surface area contributed by atoms with Crippen molar-refractivity contribution in [3.63, 3.8) is 0 Å². The minimum absolute atomic E-state index is 0.501. The standard InChI is InChI=1S/C15H21N3O2/c1-11(2)12-3-5-13(6-4-12)14(19)9-16-8-7-15-17-10-18-20-15/h3-6,10-11,14,16,19H,7-9H2,1-2H3. The molecule has 0 spiro atoms. The highest BCUT2D eigenvalue weighted by Crippen LogP contribution is 2.18. The number of aliphatic hydroxyl groups is 1. The summed E-state index contributed by atoms with van der Waals surface area (Å²) in [5, 5.41) is 16.8. The van der Waals surface area contributed by atoms with Crippen molar-refractivity contribution in [2.45, 2.75) is 32.3 Å². The molecule has 5 heteroatoms. The van der Waals surface area contributed by atoms with Crippen molar-refractivity contribution in [1.29, 1.82) is 0 Å². The molecule has 1 heterocycles. The van der Waals surface area contributed by atoms with Gasteiger partial charge >= 0.3 is 0 Å². The van der Waals surface area contributed by atoms with Gasteiger partial charge in [0.05, 0.1) is 6.10 Å². The summed E-state index contributed by atoms with van der Waals surface area (Å²) in [5.41, 5.74) is 2.21. The van der Waals surface area contributed by atoms with Crippen molar-refractivity contribution in [2.24, 2.45) is 0 Å². The highest BCUT2D eigenvalue weighted by atomic mass is 16.5. The second-order valence-corrected chi connectivity index (χ2v) is 5.13. The smallest absolute Gasteiger partial charge is 0.227 e. The summed E-state index contributed by atoms with van der Waals surface area (Å²) < 4.78 is 4.90. The van der Waals surface area contributed by atoms with Crippen LogP contribution in [0.15, 0.2) is 35.1 Å². The zero-order valence-corrected chi connectivity index (χ0v) is 11.9. The van der Waals surface area contributed by atoms with Crippen molar-refractivity contribution in [2.75, 3.05) is 13.1 Å². The molecule has 2 aromatic rings. The average molecular weight is 275 g/mol. The number of nitrogens with one attached hydrogen (secondary N) is 1. The Kier molecular flexibility index (Phi) is 5.26. The maximum Gasteiger partial charge on any atom is 0.227 e. The Morgan fingerprint density at radius 1 is 1.20 bits per heavy atom. The van der Waals surface area contributed by atoms with Crippen LogP contribution in [0.2, 0.25) is 0 Å². The third kappa shape index (κ3) is 4.15. The SMILES string of the molecule is CC(C)c1ccc(C(O)CNCCc2ncno2)cc1. The molecule has 0 aliphatic rings. The molecule has 20 heavy (non-hydrogen) atoms. The summed E-state index contributed by atoms with van der Waals surface area (Å²) in [7, 11) is 0. The molecule has 0 aliphatic heterocycles. The van der Waals surface area contributed by atoms with Gasteiger partial charge in [0.15, 0.2) is 6.33 Å². The van der Waals surface area contributed by atoms with E-state index in [1.165, 1.54) is 11.9 Å². The van der Waals surface area contributed by atoms with Gasteiger partial charge in [-0.2, -0.15) is 4.98 Å². The average Bonchev–Trinajstić information content (AvgIpc) is 2.96. The number of hydrogen-bond acceptors (Lipinski definition) is 5. The molecule has 2 rings (SSSR count). The number of hydrogen-bond donors (Lipinski definition) is 2. The Morgan fingerprint density at radius 2 is 1.90 bits per heavy atom. The van der Waals surface area contributed by atoms with E-state index in [-0.39, 0.29) is 0 Å². The lowest BCUT2D eigenvalue weighted by Gasteiger charge is -2.13. The van der Waals surface area contributed by atoms with E-state index < -0.39 is 6.10 Å². The highest BCUT2D eigenvalue weighted by molar-refractivity contribution is 5.26. The van der Waals surface area contributed by atoms with Crippen molar-refractivity contribution in [3.8, 4) is 0 Å². The first-order chi connectivity index (χ1) is 9.66. The molecule has 1 unspecified atom stereocenters. The van der Waals surface area contributed by atoms with E-state index in [0.29, 0.717) is 31.3 Å². The number of rotatable bonds is 7. The van der Waals surface area contributed by atoms with Gasteiger partial charge in [0.1, 0.15) is 0 Å². The number of aliphatic hydroxyl groups excluding tert-OH is 1. The summed E-state index contributed by atoms with van der Waals surface area (Å²) in [6, 6.07) is 8.11. The van der Waals surface area contributed by atoms with Gasteiger partial charge < -0.3 is 14.9 Å². The largest absolute Gasteiger partial charge is 0.387 e. The van der Waals surface area contributed by atoms with Gasteiger partial charge in [-0.3, -0.25) is 0 Å². The second-order valence-electron chi connectivity index (χ2n) is 5.13. The van der Waals surface area contributed by atoms with Gasteiger partial charge in [0.2, 0.25) is 5.89 Å². The molecule has 108 valence electrons. The van der Waals surface area contributed by atoms with Crippen LogP contribution in [0.1, 0.15) is 42.9 Å². The first-order valence-corrected chi connectivity index (χ1v) is 6.91. The lowest BCUT2D eigenvalue weighted by atomic mass is 10.00. The van der Waals surface area contributed by atoms with E-state index in [0.717, 1.165) is 5.56 Å². The monoisotopic (exact) mass is 275 g/mol. The quantitative estimate of drug-likeness (QED) is 0.757. The van der Waals surface area contributed by atoms with Crippen LogP contribution >= 0.6 is 0 Å². The first-order valence-electron chi connectivity index (χ1n) is 6.91. The molecule has 0 amide bonds. The molecule has 0 bridgehead atoms. The molecular weight excluding hydrogens is 254 g/mol. The summed E-state index contributed by atoms with van der Waals surface area (Å²) >= 11 is 0. The van der Waals surface area contributed by atoms with Gasteiger partial charge in [0.25, 0.3) is 0 Å². The molecular formula is C15H21N3O2. The van der Waals surface area contributed by atoms with Crippen LogP contribution in [0, 0.1) is 0 Å². The fourth-order valence-electron chi connectivity index (χ4n) is 1.96. The number of benzene rings is 1. The fourth-order valence-corrected chi connectivity index (χ4v) is 1.96. The minimum atomic E-state index is -0.501. The molecule has 1 aromatic carbocycles. The maximum atomic E-state index is 10.1. The Labute approximate surface area is 119 Å². The Bertz CT molecular complexity index is 494. The van der Waals surface area contributed by atoms with Crippen molar-refractivity contribution < 1.29 is 9.63 Å². The number of aromatic nitrogens is 2. The lowest BCUT2D eigenvalue weighted by molar-refractivity contribution is 0.174. The van der Waals surface area contributed by atoms with E-state index in [9.17, 15) is 5.11 Å². The molecule has 0 saturated heterocycles. The van der Waals surface area contributed by atoms with Gasteiger partial charge in [-0.25, -0.2) is 0 Å². The first kappa shape index (κ1) is 14.7. The van der Waals surface area contributed by atoms with E-state index in [2.05, 4.69) is 41.4 Å². The predicted octanol–water partition coefficient (Wildman–Crippen LogP) is 2.06. The van der Waals surface area contributed by atoms with Gasteiger partial charge in [0, 0.05) is 19.5 Å². The summed E-state index contributed by atoms with van der Waals surface area (Å²) in [6.07, 6.45) is 1.55. The summed E-state index contributed by atoms with van der Waals surface area (Å²) in [6.45, 7) is 5.52. The second kappa shape index (κ2) is 7.17. The van der Waals surface area contributed by atoms with E-state index in [1.54, 1.807) is 0 Å². The van der Waals surface area contributed by atoms with Crippen molar-refractivity contribution in [1.82, 2.24) is 15.5 Å². The maximum absolute atomic E-state index is 10.1. The molecule has 5 nitrogen and oxygen atoms in total. The summed E-state index contributed by atoms with van der Waals surface area (Å²) in [5.74, 6) is 1.11. The van der Waals surface area contributed by atoms with E-state index in [1.807, 2.05) is 12.1 Å². The van der Waals surface area contributed by atoms with Crippen LogP contribution in [-0.4, -0.2) is 28.3 Å². The van der Waals surface area contributed by atoms with Gasteiger partial charge in [-0.15, -0.1) is 0 Å². The van der Waals surface area contributed by atoms with E-state index in [4.69, 9.17) is 4.52 Å². The Morgan fingerprint density at radius 3 is 2.50 bits per heavy atom. The lowest BCUT2D eigenvalue weighted by Crippen LogP contribution is -2.23. The third-order valence-electron chi connectivity index (χ3n) is 3.25. The number of nitrogens with zero attached hydrogens (tertiary/aromatic N) is 2. The van der Waals surface area contributed by atoms with E-state index >= 15 is 0 Å². The molecule has 2 N–H and O–H groups in total. The van der Waals surface area contributed by atoms with Crippen LogP contribution in [0.3, 0.4) is 0 Å². The van der Waals surface area contributed by atoms with Crippen LogP contribution in [-0.2, 0) is 6.42 Å². The molecule has 0 radical (unpaired) electrons. The Balaban J connectivity index is 1.75. The predicted molar refractivity (Wildman–Crippen MR) is 76.4 cm³/mol. The molecule has 1 atom stereocenters. The highest BCUT2D eigenvalue weighted by Gasteiger charge is 2.08. The Hall–Kier alpha value is -1.72. The van der Waals surface area contributed by atoms with Crippen LogP contribution in [0.4, 0.5) is 0 Å². The van der Waals surface area contributed by atoms with Crippen molar-refractivity contribution in [3.05, 3.63) is 47.6 Å². The molecule has 0 aliphatic carbocycles. The van der Waals surface area contributed by atoms with Crippen molar-refractivity contribution >= 4 is 0 Å². The normalized spacial score (nSPS) is 12.8. The topological polar surface area (TPSA) is 71.2 Å². The zero-order valence-electron chi connectivity index (χ0n) is 11.9. The van der Waals surface area contributed by atoms with Gasteiger partial charge in [-0.1, -0.05) is 43.3 Å².